The third-order valence-corrected chi connectivity index (χ3v) is 4.40. The first kappa shape index (κ1) is 13.2. The van der Waals surface area contributed by atoms with Crippen molar-refractivity contribution in [2.24, 2.45) is 4.99 Å². The Labute approximate surface area is 134 Å². The highest BCUT2D eigenvalue weighted by atomic mass is 79.9. The van der Waals surface area contributed by atoms with E-state index in [0.29, 0.717) is 24.1 Å². The van der Waals surface area contributed by atoms with Gasteiger partial charge in [0.1, 0.15) is 16.4 Å². The summed E-state index contributed by atoms with van der Waals surface area (Å²) < 4.78 is 12.6. The molecule has 2 aliphatic heterocycles. The van der Waals surface area contributed by atoms with Gasteiger partial charge in [0.25, 0.3) is 0 Å². The highest BCUT2D eigenvalue weighted by Gasteiger charge is 2.44. The number of benzene rings is 1. The van der Waals surface area contributed by atoms with Crippen molar-refractivity contribution in [3.63, 3.8) is 0 Å². The zero-order chi connectivity index (χ0) is 14.4. The number of hydrogen-bond acceptors (Lipinski definition) is 4. The number of fused-ring (bicyclic) bond motifs is 4. The van der Waals surface area contributed by atoms with Gasteiger partial charge >= 0.3 is 0 Å². The Morgan fingerprint density at radius 3 is 2.86 bits per heavy atom. The van der Waals surface area contributed by atoms with E-state index in [4.69, 9.17) is 26.1 Å². The van der Waals surface area contributed by atoms with E-state index in [9.17, 15) is 0 Å². The first-order valence-electron chi connectivity index (χ1n) is 6.44. The largest absolute Gasteiger partial charge is 0.455 e. The van der Waals surface area contributed by atoms with E-state index < -0.39 is 5.54 Å². The van der Waals surface area contributed by atoms with Crippen molar-refractivity contribution < 1.29 is 9.47 Å². The van der Waals surface area contributed by atoms with Crippen LogP contribution >= 0.6 is 27.5 Å². The van der Waals surface area contributed by atoms with Gasteiger partial charge in [-0.05, 0) is 24.3 Å². The average molecular weight is 366 g/mol. The third kappa shape index (κ3) is 1.99. The van der Waals surface area contributed by atoms with E-state index >= 15 is 0 Å². The first-order valence-corrected chi connectivity index (χ1v) is 7.61. The minimum atomic E-state index is -0.627. The minimum absolute atomic E-state index is 0.413. The maximum absolute atomic E-state index is 6.07. The molecule has 0 N–H and O–H groups in total. The number of aromatic nitrogens is 1. The zero-order valence-electron chi connectivity index (χ0n) is 10.8. The Morgan fingerprint density at radius 1 is 1.19 bits per heavy atom. The summed E-state index contributed by atoms with van der Waals surface area (Å²) in [5.41, 5.74) is 1.21. The van der Waals surface area contributed by atoms with Crippen molar-refractivity contribution >= 4 is 33.7 Å². The van der Waals surface area contributed by atoms with Crippen LogP contribution in [0.15, 0.2) is 39.9 Å². The lowest BCUT2D eigenvalue weighted by Gasteiger charge is -2.38. The molecule has 4 nitrogen and oxygen atoms in total. The molecule has 0 bridgehead atoms. The van der Waals surface area contributed by atoms with E-state index in [1.54, 1.807) is 18.5 Å². The average Bonchev–Trinajstić information content (AvgIpc) is 2.50. The molecular weight excluding hydrogens is 356 g/mol. The van der Waals surface area contributed by atoms with E-state index in [2.05, 4.69) is 20.9 Å². The smallest absolute Gasteiger partial charge is 0.151 e. The third-order valence-electron chi connectivity index (χ3n) is 3.70. The Balaban J connectivity index is 2.04. The number of hydrogen-bond donors (Lipinski definition) is 0. The molecule has 6 heteroatoms. The molecule has 0 saturated heterocycles. The van der Waals surface area contributed by atoms with Crippen LogP contribution < -0.4 is 4.74 Å². The molecule has 0 aliphatic carbocycles. The summed E-state index contributed by atoms with van der Waals surface area (Å²) in [5, 5.41) is 0.413. The number of rotatable bonds is 0. The fourth-order valence-corrected chi connectivity index (χ4v) is 3.30. The molecule has 1 aromatic carbocycles. The monoisotopic (exact) mass is 364 g/mol. The second kappa shape index (κ2) is 4.80. The van der Waals surface area contributed by atoms with Gasteiger partial charge in [0.15, 0.2) is 5.75 Å². The van der Waals surface area contributed by atoms with Gasteiger partial charge in [-0.25, -0.2) is 4.98 Å². The van der Waals surface area contributed by atoms with Gasteiger partial charge in [-0.1, -0.05) is 27.5 Å². The second-order valence-corrected chi connectivity index (χ2v) is 6.24. The Hall–Kier alpha value is -1.43. The summed E-state index contributed by atoms with van der Waals surface area (Å²) >= 11 is 9.58. The molecular formula is C15H10BrClN2O2. The molecule has 2 aliphatic rings. The van der Waals surface area contributed by atoms with Gasteiger partial charge in [0.05, 0.1) is 19.4 Å². The molecule has 1 aromatic heterocycles. The summed E-state index contributed by atoms with van der Waals surface area (Å²) in [6.07, 6.45) is 3.42. The Bertz CT molecular complexity index is 712. The molecule has 0 radical (unpaired) electrons. The van der Waals surface area contributed by atoms with E-state index in [-0.39, 0.29) is 0 Å². The summed E-state index contributed by atoms with van der Waals surface area (Å²) in [4.78, 5) is 8.85. The lowest BCUT2D eigenvalue weighted by Crippen LogP contribution is -2.37. The fraction of sp³-hybridized carbons (Fsp3) is 0.200. The van der Waals surface area contributed by atoms with Crippen LogP contribution in [0.1, 0.15) is 11.1 Å². The normalized spacial score (nSPS) is 22.6. The zero-order valence-corrected chi connectivity index (χ0v) is 13.2. The van der Waals surface area contributed by atoms with Crippen LogP contribution in [0.4, 0.5) is 0 Å². The highest BCUT2D eigenvalue weighted by molar-refractivity contribution is 9.10. The highest BCUT2D eigenvalue weighted by Crippen LogP contribution is 2.50. The molecule has 0 saturated carbocycles. The van der Waals surface area contributed by atoms with Crippen molar-refractivity contribution in [3.8, 4) is 11.5 Å². The Kier molecular flexibility index (Phi) is 3.03. The lowest BCUT2D eigenvalue weighted by atomic mass is 9.81. The molecule has 0 unspecified atom stereocenters. The van der Waals surface area contributed by atoms with Gasteiger partial charge in [-0.15, -0.1) is 0 Å². The van der Waals surface area contributed by atoms with Crippen LogP contribution in [-0.4, -0.2) is 24.4 Å². The SMILES string of the molecule is Clc1cc2c(cn1)Oc1ccc(Br)cc1[C@@]21COCC=N1. The van der Waals surface area contributed by atoms with Crippen LogP contribution in [-0.2, 0) is 10.3 Å². The number of ether oxygens (including phenoxy) is 2. The van der Waals surface area contributed by atoms with Crippen LogP contribution in [0, 0.1) is 0 Å². The van der Waals surface area contributed by atoms with Crippen molar-refractivity contribution in [1.29, 1.82) is 0 Å². The van der Waals surface area contributed by atoms with Crippen LogP contribution in [0.25, 0.3) is 0 Å². The van der Waals surface area contributed by atoms with Crippen molar-refractivity contribution in [1.82, 2.24) is 4.98 Å². The second-order valence-electron chi connectivity index (χ2n) is 4.93. The summed E-state index contributed by atoms with van der Waals surface area (Å²) in [7, 11) is 0. The number of halogens is 2. The molecule has 1 spiro atoms. The van der Waals surface area contributed by atoms with Crippen molar-refractivity contribution in [2.75, 3.05) is 13.2 Å². The number of aliphatic imine (C=N–C) groups is 1. The van der Waals surface area contributed by atoms with Gasteiger partial charge in [0.2, 0.25) is 0 Å². The topological polar surface area (TPSA) is 43.7 Å². The van der Waals surface area contributed by atoms with Gasteiger partial charge in [-0.2, -0.15) is 0 Å². The molecule has 0 amide bonds. The van der Waals surface area contributed by atoms with Crippen LogP contribution in [0.5, 0.6) is 11.5 Å². The molecule has 1 atom stereocenters. The first-order chi connectivity index (χ1) is 10.2. The van der Waals surface area contributed by atoms with Crippen molar-refractivity contribution in [2.45, 2.75) is 5.54 Å². The molecule has 2 aromatic rings. The van der Waals surface area contributed by atoms with Gasteiger partial charge < -0.3 is 9.47 Å². The standard InChI is InChI=1S/C15H10BrClN2O2/c16-9-1-2-12-10(5-9)15(8-20-4-3-19-15)11-6-14(17)18-7-13(11)21-12/h1-3,5-7H,4,8H2/t15-/m0/s1. The van der Waals surface area contributed by atoms with E-state index in [1.165, 1.54) is 0 Å². The number of pyridine rings is 1. The van der Waals surface area contributed by atoms with Crippen LogP contribution in [0.3, 0.4) is 0 Å². The summed E-state index contributed by atoms with van der Waals surface area (Å²) in [6, 6.07) is 7.67. The predicted octanol–water partition coefficient (Wildman–Crippen LogP) is 3.95. The summed E-state index contributed by atoms with van der Waals surface area (Å²) in [5.74, 6) is 1.43. The quantitative estimate of drug-likeness (QED) is 0.664. The van der Waals surface area contributed by atoms with Gasteiger partial charge in [0, 0.05) is 21.8 Å². The molecule has 4 rings (SSSR count). The predicted molar refractivity (Wildman–Crippen MR) is 83.6 cm³/mol. The minimum Gasteiger partial charge on any atom is -0.455 e. The molecule has 21 heavy (non-hydrogen) atoms. The lowest BCUT2D eigenvalue weighted by molar-refractivity contribution is 0.113. The van der Waals surface area contributed by atoms with Gasteiger partial charge in [-0.3, -0.25) is 4.99 Å². The molecule has 0 fully saturated rings. The van der Waals surface area contributed by atoms with E-state index in [1.807, 2.05) is 18.2 Å². The fourth-order valence-electron chi connectivity index (χ4n) is 2.78. The maximum atomic E-state index is 6.07. The molecule has 3 heterocycles. The Morgan fingerprint density at radius 2 is 2.05 bits per heavy atom. The van der Waals surface area contributed by atoms with E-state index in [0.717, 1.165) is 21.3 Å². The summed E-state index contributed by atoms with van der Waals surface area (Å²) in [6.45, 7) is 0.962. The van der Waals surface area contributed by atoms with Crippen molar-refractivity contribution in [3.05, 3.63) is 51.2 Å². The van der Waals surface area contributed by atoms with Crippen LogP contribution in [0.2, 0.25) is 5.15 Å². The maximum Gasteiger partial charge on any atom is 0.151 e. The number of nitrogens with zero attached hydrogens (tertiary/aromatic N) is 2. The molecule has 106 valence electrons.